The standard InChI is InChI=1S/C90H58N8/c1-55-46-59(47-56(2)92-55)57-20-19-21-58(48-57)90-88(97-84-42-38-60(93-76-30-11-3-22-64(76)65-23-4-12-31-77(65)93)49-72(84)73-50-61(39-43-85(73)97)94-78-32-13-5-24-66(78)67-25-6-14-33-79(67)94)53-91-54-89(90)98-86-44-40-62(95-80-34-15-7-26-68(80)69-27-8-16-35-81(69)95)51-74(86)75-52-63(41-45-87(75)98)96-82-36-17-9-28-70(82)71-29-10-18-37-83(71)96/h3-54H,1-2H3. The van der Waals surface area contributed by atoms with Crippen LogP contribution in [0.3, 0.4) is 0 Å². The molecule has 21 rings (SSSR count). The zero-order valence-electron chi connectivity index (χ0n) is 53.6. The molecule has 0 N–H and O–H groups in total. The smallest absolute Gasteiger partial charge is 0.0745 e. The first kappa shape index (κ1) is 54.4. The maximum absolute atomic E-state index is 5.45. The van der Waals surface area contributed by atoms with E-state index >= 15 is 0 Å². The van der Waals surface area contributed by atoms with Crippen molar-refractivity contribution < 1.29 is 0 Å². The highest BCUT2D eigenvalue weighted by molar-refractivity contribution is 6.17. The van der Waals surface area contributed by atoms with Gasteiger partial charge in [-0.2, -0.15) is 0 Å². The van der Waals surface area contributed by atoms with E-state index < -0.39 is 0 Å². The monoisotopic (exact) mass is 1250 g/mol. The van der Waals surface area contributed by atoms with Crippen LogP contribution in [0.1, 0.15) is 11.4 Å². The molecule has 0 saturated carbocycles. The lowest BCUT2D eigenvalue weighted by atomic mass is 9.97. The fraction of sp³-hybridized carbons (Fsp3) is 0.0222. The summed E-state index contributed by atoms with van der Waals surface area (Å²) in [5.41, 5.74) is 26.1. The van der Waals surface area contributed by atoms with Crippen molar-refractivity contribution in [2.75, 3.05) is 0 Å². The molecule has 21 aromatic rings. The predicted octanol–water partition coefficient (Wildman–Crippen LogP) is 23.0. The molecule has 0 fully saturated rings. The molecule has 0 aliphatic rings. The topological polar surface area (TPSA) is 55.4 Å². The molecule has 13 aromatic carbocycles. The molecular weight excluding hydrogens is 1190 g/mol. The molecule has 0 amide bonds. The summed E-state index contributed by atoms with van der Waals surface area (Å²) in [6.07, 6.45) is 4.20. The zero-order valence-corrected chi connectivity index (χ0v) is 53.6. The van der Waals surface area contributed by atoms with E-state index in [-0.39, 0.29) is 0 Å². The number of para-hydroxylation sites is 8. The van der Waals surface area contributed by atoms with Crippen LogP contribution in [0.15, 0.2) is 316 Å². The average Bonchev–Trinajstić information content (AvgIpc) is 1.54. The molecule has 8 heteroatoms. The van der Waals surface area contributed by atoms with Crippen LogP contribution in [0.25, 0.3) is 187 Å². The Labute approximate surface area is 562 Å². The van der Waals surface area contributed by atoms with Gasteiger partial charge < -0.3 is 27.4 Å². The Morgan fingerprint density at radius 2 is 0.459 bits per heavy atom. The van der Waals surface area contributed by atoms with Gasteiger partial charge in [0.1, 0.15) is 0 Å². The number of benzene rings is 13. The third-order valence-electron chi connectivity index (χ3n) is 20.8. The van der Waals surface area contributed by atoms with Crippen molar-refractivity contribution in [1.82, 2.24) is 37.4 Å². The summed E-state index contributed by atoms with van der Waals surface area (Å²) in [5.74, 6) is 0. The minimum absolute atomic E-state index is 0.953. The van der Waals surface area contributed by atoms with Crippen LogP contribution in [0.4, 0.5) is 0 Å². The normalized spacial score (nSPS) is 12.2. The summed E-state index contributed by atoms with van der Waals surface area (Å²) in [6, 6.07) is 112. The van der Waals surface area contributed by atoms with E-state index in [1.807, 2.05) is 0 Å². The number of hydrogen-bond acceptors (Lipinski definition) is 2. The Morgan fingerprint density at radius 1 is 0.204 bits per heavy atom. The van der Waals surface area contributed by atoms with E-state index in [1.54, 1.807) is 0 Å². The second-order valence-electron chi connectivity index (χ2n) is 26.2. The lowest BCUT2D eigenvalue weighted by molar-refractivity contribution is 1.09. The average molecular weight is 1250 g/mol. The van der Waals surface area contributed by atoms with E-state index in [0.717, 1.165) is 156 Å². The van der Waals surface area contributed by atoms with Gasteiger partial charge in [0.2, 0.25) is 0 Å². The minimum Gasteiger partial charge on any atom is -0.309 e. The first-order chi connectivity index (χ1) is 48.5. The predicted molar refractivity (Wildman–Crippen MR) is 408 cm³/mol. The Hall–Kier alpha value is -13.0. The van der Waals surface area contributed by atoms with E-state index in [4.69, 9.17) is 9.97 Å². The summed E-state index contributed by atoms with van der Waals surface area (Å²) < 4.78 is 14.7. The van der Waals surface area contributed by atoms with Crippen molar-refractivity contribution in [3.05, 3.63) is 327 Å². The largest absolute Gasteiger partial charge is 0.309 e. The molecule has 0 aliphatic heterocycles. The van der Waals surface area contributed by atoms with Crippen LogP contribution in [0, 0.1) is 13.8 Å². The quantitative estimate of drug-likeness (QED) is 0.152. The Morgan fingerprint density at radius 3 is 0.745 bits per heavy atom. The third kappa shape index (κ3) is 7.82. The van der Waals surface area contributed by atoms with Crippen molar-refractivity contribution in [3.63, 3.8) is 0 Å². The number of aryl methyl sites for hydroxylation is 2. The highest BCUT2D eigenvalue weighted by atomic mass is 15.1. The minimum atomic E-state index is 0.953. The van der Waals surface area contributed by atoms with Crippen molar-refractivity contribution in [2.24, 2.45) is 0 Å². The second kappa shape index (κ2) is 20.7. The van der Waals surface area contributed by atoms with E-state index in [1.165, 1.54) is 43.1 Å². The Balaban J connectivity index is 0.876. The summed E-state index contributed by atoms with van der Waals surface area (Å²) >= 11 is 0. The van der Waals surface area contributed by atoms with Crippen molar-refractivity contribution in [2.45, 2.75) is 13.8 Å². The van der Waals surface area contributed by atoms with Gasteiger partial charge in [0.25, 0.3) is 0 Å². The third-order valence-corrected chi connectivity index (χ3v) is 20.8. The van der Waals surface area contributed by atoms with Gasteiger partial charge in [0.15, 0.2) is 0 Å². The molecule has 8 nitrogen and oxygen atoms in total. The fourth-order valence-corrected chi connectivity index (χ4v) is 16.8. The number of hydrogen-bond donors (Lipinski definition) is 0. The lowest BCUT2D eigenvalue weighted by Crippen LogP contribution is -2.05. The van der Waals surface area contributed by atoms with E-state index in [2.05, 4.69) is 357 Å². The van der Waals surface area contributed by atoms with Crippen LogP contribution < -0.4 is 0 Å². The van der Waals surface area contributed by atoms with Crippen LogP contribution in [0.2, 0.25) is 0 Å². The highest BCUT2D eigenvalue weighted by Gasteiger charge is 2.27. The van der Waals surface area contributed by atoms with Gasteiger partial charge in [0.05, 0.1) is 90.0 Å². The zero-order chi connectivity index (χ0) is 64.4. The molecule has 0 spiro atoms. The Kier molecular flexibility index (Phi) is 11.5. The molecule has 98 heavy (non-hydrogen) atoms. The lowest BCUT2D eigenvalue weighted by Gasteiger charge is -2.20. The highest BCUT2D eigenvalue weighted by Crippen LogP contribution is 2.47. The van der Waals surface area contributed by atoms with Crippen molar-refractivity contribution >= 4 is 131 Å². The Bertz CT molecular complexity index is 6030. The molecule has 8 heterocycles. The number of nitrogens with zero attached hydrogens (tertiary/aromatic N) is 8. The molecule has 0 saturated heterocycles. The molecule has 8 aromatic heterocycles. The number of pyridine rings is 2. The molecule has 0 atom stereocenters. The van der Waals surface area contributed by atoms with Crippen molar-refractivity contribution in [3.8, 4) is 56.4 Å². The van der Waals surface area contributed by atoms with E-state index in [9.17, 15) is 0 Å². The van der Waals surface area contributed by atoms with Gasteiger partial charge >= 0.3 is 0 Å². The molecule has 0 bridgehead atoms. The summed E-state index contributed by atoms with van der Waals surface area (Å²) in [5, 5.41) is 14.3. The van der Waals surface area contributed by atoms with E-state index in [0.29, 0.717) is 0 Å². The van der Waals surface area contributed by atoms with Gasteiger partial charge in [0, 0.05) is 104 Å². The summed E-state index contributed by atoms with van der Waals surface area (Å²) in [7, 11) is 0. The summed E-state index contributed by atoms with van der Waals surface area (Å²) in [4.78, 5) is 10.3. The van der Waals surface area contributed by atoms with Gasteiger partial charge in [-0.25, -0.2) is 0 Å². The SMILES string of the molecule is Cc1cc(-c2cccc(-c3c(-n4c5ccc(-n6c7ccccc7c7ccccc76)cc5c5cc(-n6c7ccccc7c7ccccc76)ccc54)cncc3-n3c4ccc(-n5c6ccccc6c6ccccc65)cc4c4cc(-n5c6ccccc6c6ccccc65)ccc43)c2)cc(C)n1. The first-order valence-electron chi connectivity index (χ1n) is 33.6. The van der Waals surface area contributed by atoms with Crippen LogP contribution in [0.5, 0.6) is 0 Å². The maximum atomic E-state index is 5.45. The number of rotatable bonds is 8. The van der Waals surface area contributed by atoms with Gasteiger partial charge in [-0.05, 0) is 170 Å². The van der Waals surface area contributed by atoms with Gasteiger partial charge in [-0.1, -0.05) is 164 Å². The van der Waals surface area contributed by atoms with Gasteiger partial charge in [-0.3, -0.25) is 9.97 Å². The summed E-state index contributed by atoms with van der Waals surface area (Å²) in [6.45, 7) is 4.17. The van der Waals surface area contributed by atoms with Crippen LogP contribution in [-0.2, 0) is 0 Å². The molecule has 0 unspecified atom stereocenters. The number of fused-ring (bicyclic) bond motifs is 18. The molecule has 0 radical (unpaired) electrons. The molecule has 0 aliphatic carbocycles. The fourth-order valence-electron chi connectivity index (χ4n) is 16.8. The van der Waals surface area contributed by atoms with Crippen LogP contribution >= 0.6 is 0 Å². The van der Waals surface area contributed by atoms with Crippen LogP contribution in [-0.4, -0.2) is 37.4 Å². The first-order valence-corrected chi connectivity index (χ1v) is 33.6. The second-order valence-corrected chi connectivity index (χ2v) is 26.2. The molecular formula is C90H58N8. The molecule has 458 valence electrons. The number of aromatic nitrogens is 8. The van der Waals surface area contributed by atoms with Gasteiger partial charge in [-0.15, -0.1) is 0 Å². The maximum Gasteiger partial charge on any atom is 0.0745 e. The van der Waals surface area contributed by atoms with Crippen molar-refractivity contribution in [1.29, 1.82) is 0 Å².